The van der Waals surface area contributed by atoms with Crippen molar-refractivity contribution in [2.75, 3.05) is 26.8 Å². The second-order valence-corrected chi connectivity index (χ2v) is 3.97. The number of hydrogen-bond acceptors (Lipinski definition) is 3. The molecule has 1 N–H and O–H groups in total. The van der Waals surface area contributed by atoms with Gasteiger partial charge in [0, 0.05) is 32.0 Å². The fourth-order valence-corrected chi connectivity index (χ4v) is 2.15. The van der Waals surface area contributed by atoms with Crippen LogP contribution in [0.5, 0.6) is 0 Å². The van der Waals surface area contributed by atoms with Crippen molar-refractivity contribution in [3.8, 4) is 0 Å². The minimum atomic E-state index is 0.626. The van der Waals surface area contributed by atoms with E-state index in [0.29, 0.717) is 6.04 Å². The fraction of sp³-hybridized carbons (Fsp3) is 0.727. The summed E-state index contributed by atoms with van der Waals surface area (Å²) in [5.74, 6) is 1.16. The molecule has 0 unspecified atom stereocenters. The predicted molar refractivity (Wildman–Crippen MR) is 58.9 cm³/mol. The highest BCUT2D eigenvalue weighted by Crippen LogP contribution is 2.20. The summed E-state index contributed by atoms with van der Waals surface area (Å²) in [6.07, 6.45) is 7.31. The monoisotopic (exact) mass is 209 g/mol. The Kier molecular flexibility index (Phi) is 3.75. The minimum Gasteiger partial charge on any atom is -0.384 e. The third-order valence-corrected chi connectivity index (χ3v) is 2.98. The van der Waals surface area contributed by atoms with E-state index in [4.69, 9.17) is 4.74 Å². The Morgan fingerprint density at radius 1 is 1.53 bits per heavy atom. The molecule has 0 aromatic carbocycles. The van der Waals surface area contributed by atoms with Crippen molar-refractivity contribution in [2.45, 2.75) is 25.3 Å². The zero-order valence-corrected chi connectivity index (χ0v) is 9.28. The highest BCUT2D eigenvalue weighted by molar-refractivity contribution is 4.96. The number of nitrogens with one attached hydrogen (secondary N) is 1. The maximum Gasteiger partial charge on any atom is 0.111 e. The van der Waals surface area contributed by atoms with Gasteiger partial charge in [0.15, 0.2) is 0 Å². The number of rotatable bonds is 4. The highest BCUT2D eigenvalue weighted by Gasteiger charge is 2.16. The van der Waals surface area contributed by atoms with E-state index < -0.39 is 0 Å². The van der Waals surface area contributed by atoms with Crippen LogP contribution < -0.4 is 5.32 Å². The van der Waals surface area contributed by atoms with Crippen LogP contribution in [0.2, 0.25) is 0 Å². The SMILES string of the molecule is COCCc1nccn1C1CCNCC1. The number of piperidine rings is 1. The van der Waals surface area contributed by atoms with Gasteiger partial charge in [-0.3, -0.25) is 0 Å². The quantitative estimate of drug-likeness (QED) is 0.804. The Bertz CT molecular complexity index is 292. The summed E-state index contributed by atoms with van der Waals surface area (Å²) in [5, 5.41) is 3.38. The number of hydrogen-bond donors (Lipinski definition) is 1. The lowest BCUT2D eigenvalue weighted by atomic mass is 10.1. The smallest absolute Gasteiger partial charge is 0.111 e. The summed E-state index contributed by atoms with van der Waals surface area (Å²) in [7, 11) is 1.73. The van der Waals surface area contributed by atoms with E-state index in [1.165, 1.54) is 12.8 Å². The summed E-state index contributed by atoms with van der Waals surface area (Å²) < 4.78 is 7.41. The van der Waals surface area contributed by atoms with Gasteiger partial charge in [-0.2, -0.15) is 0 Å². The number of imidazole rings is 1. The molecule has 0 radical (unpaired) electrons. The number of methoxy groups -OCH3 is 1. The van der Waals surface area contributed by atoms with Crippen LogP contribution in [0.3, 0.4) is 0 Å². The Labute approximate surface area is 90.6 Å². The topological polar surface area (TPSA) is 39.1 Å². The molecule has 2 rings (SSSR count). The zero-order valence-electron chi connectivity index (χ0n) is 9.28. The van der Waals surface area contributed by atoms with Gasteiger partial charge >= 0.3 is 0 Å². The maximum absolute atomic E-state index is 5.09. The van der Waals surface area contributed by atoms with Crippen molar-refractivity contribution < 1.29 is 4.74 Å². The van der Waals surface area contributed by atoms with Gasteiger partial charge in [-0.15, -0.1) is 0 Å². The molecular weight excluding hydrogens is 190 g/mol. The first-order chi connectivity index (χ1) is 7.42. The molecule has 1 fully saturated rings. The third-order valence-electron chi connectivity index (χ3n) is 2.98. The molecule has 0 saturated carbocycles. The van der Waals surface area contributed by atoms with Crippen molar-refractivity contribution in [1.82, 2.24) is 14.9 Å². The van der Waals surface area contributed by atoms with Crippen molar-refractivity contribution >= 4 is 0 Å². The van der Waals surface area contributed by atoms with E-state index >= 15 is 0 Å². The molecular formula is C11H19N3O. The highest BCUT2D eigenvalue weighted by atomic mass is 16.5. The van der Waals surface area contributed by atoms with Crippen LogP contribution >= 0.6 is 0 Å². The lowest BCUT2D eigenvalue weighted by Crippen LogP contribution is -2.30. The van der Waals surface area contributed by atoms with E-state index in [1.54, 1.807) is 7.11 Å². The second-order valence-electron chi connectivity index (χ2n) is 3.97. The van der Waals surface area contributed by atoms with Crippen molar-refractivity contribution in [2.24, 2.45) is 0 Å². The lowest BCUT2D eigenvalue weighted by molar-refractivity contribution is 0.198. The largest absolute Gasteiger partial charge is 0.384 e. The second kappa shape index (κ2) is 5.28. The number of nitrogens with zero attached hydrogens (tertiary/aromatic N) is 2. The fourth-order valence-electron chi connectivity index (χ4n) is 2.15. The Morgan fingerprint density at radius 2 is 2.33 bits per heavy atom. The summed E-state index contributed by atoms with van der Waals surface area (Å²) in [4.78, 5) is 4.39. The Morgan fingerprint density at radius 3 is 3.07 bits per heavy atom. The van der Waals surface area contributed by atoms with E-state index in [2.05, 4.69) is 21.1 Å². The van der Waals surface area contributed by atoms with Gasteiger partial charge in [0.25, 0.3) is 0 Å². The van der Waals surface area contributed by atoms with Gasteiger partial charge in [-0.1, -0.05) is 0 Å². The molecule has 2 heterocycles. The van der Waals surface area contributed by atoms with Crippen LogP contribution in [0.4, 0.5) is 0 Å². The molecule has 15 heavy (non-hydrogen) atoms. The normalized spacial score (nSPS) is 18.2. The molecule has 0 spiro atoms. The van der Waals surface area contributed by atoms with Crippen molar-refractivity contribution in [3.63, 3.8) is 0 Å². The number of aromatic nitrogens is 2. The van der Waals surface area contributed by atoms with Gasteiger partial charge in [0.1, 0.15) is 5.82 Å². The van der Waals surface area contributed by atoms with E-state index in [1.807, 2.05) is 6.20 Å². The van der Waals surface area contributed by atoms with Gasteiger partial charge in [-0.05, 0) is 25.9 Å². The van der Waals surface area contributed by atoms with Gasteiger partial charge in [0.2, 0.25) is 0 Å². The van der Waals surface area contributed by atoms with E-state index in [-0.39, 0.29) is 0 Å². The molecule has 0 amide bonds. The average Bonchev–Trinajstić information content (AvgIpc) is 2.75. The van der Waals surface area contributed by atoms with Crippen LogP contribution in [-0.4, -0.2) is 36.4 Å². The first kappa shape index (κ1) is 10.6. The molecule has 0 aliphatic carbocycles. The van der Waals surface area contributed by atoms with Crippen molar-refractivity contribution in [1.29, 1.82) is 0 Å². The van der Waals surface area contributed by atoms with Gasteiger partial charge < -0.3 is 14.6 Å². The van der Waals surface area contributed by atoms with Gasteiger partial charge in [-0.25, -0.2) is 4.98 Å². The molecule has 1 aliphatic rings. The molecule has 0 bridgehead atoms. The van der Waals surface area contributed by atoms with Crippen LogP contribution in [0.1, 0.15) is 24.7 Å². The molecule has 0 atom stereocenters. The summed E-state index contributed by atoms with van der Waals surface area (Å²) in [6.45, 7) is 2.99. The molecule has 1 aromatic rings. The Hall–Kier alpha value is -0.870. The molecule has 4 heteroatoms. The average molecular weight is 209 g/mol. The molecule has 1 saturated heterocycles. The van der Waals surface area contributed by atoms with Crippen LogP contribution in [-0.2, 0) is 11.2 Å². The summed E-state index contributed by atoms with van der Waals surface area (Å²) >= 11 is 0. The standard InChI is InChI=1S/C11H19N3O/c1-15-9-4-11-13-7-8-14(11)10-2-5-12-6-3-10/h7-8,10,12H,2-6,9H2,1H3. The molecule has 84 valence electrons. The van der Waals surface area contributed by atoms with E-state index in [9.17, 15) is 0 Å². The number of ether oxygens (including phenoxy) is 1. The van der Waals surface area contributed by atoms with Crippen molar-refractivity contribution in [3.05, 3.63) is 18.2 Å². The third kappa shape index (κ3) is 2.58. The maximum atomic E-state index is 5.09. The van der Waals surface area contributed by atoms with Crippen LogP contribution in [0.25, 0.3) is 0 Å². The van der Waals surface area contributed by atoms with Crippen LogP contribution in [0.15, 0.2) is 12.4 Å². The van der Waals surface area contributed by atoms with Crippen LogP contribution in [0, 0.1) is 0 Å². The molecule has 1 aliphatic heterocycles. The lowest BCUT2D eigenvalue weighted by Gasteiger charge is -2.25. The minimum absolute atomic E-state index is 0.626. The zero-order chi connectivity index (χ0) is 10.5. The van der Waals surface area contributed by atoms with E-state index in [0.717, 1.165) is 31.9 Å². The molecule has 1 aromatic heterocycles. The predicted octanol–water partition coefficient (Wildman–Crippen LogP) is 0.996. The summed E-state index contributed by atoms with van der Waals surface area (Å²) in [6, 6.07) is 0.626. The first-order valence-electron chi connectivity index (χ1n) is 5.63. The Balaban J connectivity index is 2.02. The summed E-state index contributed by atoms with van der Waals surface area (Å²) in [5.41, 5.74) is 0. The van der Waals surface area contributed by atoms with Gasteiger partial charge in [0.05, 0.1) is 6.61 Å². The first-order valence-corrected chi connectivity index (χ1v) is 5.63. The molecule has 4 nitrogen and oxygen atoms in total.